The van der Waals surface area contributed by atoms with Crippen molar-refractivity contribution in [2.24, 2.45) is 0 Å². The van der Waals surface area contributed by atoms with Gasteiger partial charge in [-0.3, -0.25) is 0 Å². The molecule has 2 rings (SSSR count). The Morgan fingerprint density at radius 2 is 1.94 bits per heavy atom. The van der Waals surface area contributed by atoms with E-state index in [4.69, 9.17) is 21.1 Å². The lowest BCUT2D eigenvalue weighted by molar-refractivity contribution is 0.340. The van der Waals surface area contributed by atoms with Crippen molar-refractivity contribution in [2.75, 3.05) is 13.7 Å². The lowest BCUT2D eigenvalue weighted by atomic mass is 10.1. The van der Waals surface area contributed by atoms with Gasteiger partial charge in [0, 0.05) is 10.3 Å². The van der Waals surface area contributed by atoms with E-state index in [0.717, 1.165) is 21.9 Å². The van der Waals surface area contributed by atoms with Crippen LogP contribution in [0.3, 0.4) is 0 Å². The molecule has 0 bridgehead atoms. The maximum Gasteiger partial charge on any atom is 0.129 e. The van der Waals surface area contributed by atoms with Gasteiger partial charge in [-0.2, -0.15) is 0 Å². The van der Waals surface area contributed by atoms with Crippen LogP contribution in [-0.2, 0) is 0 Å². The number of thiophene rings is 1. The highest BCUT2D eigenvalue weighted by Gasteiger charge is 2.13. The number of alkyl halides is 1. The minimum Gasteiger partial charge on any atom is -0.496 e. The number of halogens is 1. The molecule has 0 N–H and O–H groups in total. The summed E-state index contributed by atoms with van der Waals surface area (Å²) in [6.45, 7) is 2.64. The van der Waals surface area contributed by atoms with Gasteiger partial charge in [0.2, 0.25) is 0 Å². The molecule has 1 aromatic heterocycles. The van der Waals surface area contributed by atoms with Gasteiger partial charge in [0.05, 0.1) is 19.1 Å². The Kier molecular flexibility index (Phi) is 4.50. The van der Waals surface area contributed by atoms with Crippen LogP contribution in [0.4, 0.5) is 0 Å². The Morgan fingerprint density at radius 1 is 1.22 bits per heavy atom. The van der Waals surface area contributed by atoms with E-state index in [-0.39, 0.29) is 5.38 Å². The number of benzene rings is 1. The minimum absolute atomic E-state index is 0.144. The summed E-state index contributed by atoms with van der Waals surface area (Å²) in [6, 6.07) is 9.85. The first-order valence-corrected chi connectivity index (χ1v) is 7.05. The SMILES string of the molecule is CCOc1ccc(C(Cl)c2cc(OC)cs2)cc1. The van der Waals surface area contributed by atoms with Gasteiger partial charge in [-0.15, -0.1) is 22.9 Å². The summed E-state index contributed by atoms with van der Waals surface area (Å²) in [5.41, 5.74) is 1.06. The average Bonchev–Trinajstić information content (AvgIpc) is 2.88. The van der Waals surface area contributed by atoms with Crippen molar-refractivity contribution in [3.05, 3.63) is 46.2 Å². The Hall–Kier alpha value is -1.19. The zero-order valence-electron chi connectivity index (χ0n) is 10.4. The van der Waals surface area contributed by atoms with Crippen LogP contribution in [0.2, 0.25) is 0 Å². The molecule has 0 radical (unpaired) electrons. The first kappa shape index (κ1) is 13.2. The molecule has 0 aliphatic rings. The first-order chi connectivity index (χ1) is 8.74. The fourth-order valence-electron chi connectivity index (χ4n) is 1.64. The molecule has 0 aliphatic carbocycles. The molecule has 0 fully saturated rings. The second kappa shape index (κ2) is 6.12. The van der Waals surface area contributed by atoms with Crippen LogP contribution in [-0.4, -0.2) is 13.7 Å². The monoisotopic (exact) mass is 282 g/mol. The Bertz CT molecular complexity index is 493. The van der Waals surface area contributed by atoms with E-state index in [1.165, 1.54) is 0 Å². The fourth-order valence-corrected chi connectivity index (χ4v) is 2.86. The van der Waals surface area contributed by atoms with E-state index in [2.05, 4.69) is 0 Å². The van der Waals surface area contributed by atoms with Crippen LogP contribution in [0, 0.1) is 0 Å². The van der Waals surface area contributed by atoms with Crippen LogP contribution in [0.1, 0.15) is 22.7 Å². The molecule has 1 unspecified atom stereocenters. The van der Waals surface area contributed by atoms with E-state index >= 15 is 0 Å². The molecular weight excluding hydrogens is 268 g/mol. The third-order valence-corrected chi connectivity index (χ3v) is 4.16. The number of methoxy groups -OCH3 is 1. The summed E-state index contributed by atoms with van der Waals surface area (Å²) in [5.74, 6) is 1.72. The van der Waals surface area contributed by atoms with Crippen molar-refractivity contribution in [1.82, 2.24) is 0 Å². The van der Waals surface area contributed by atoms with Crippen LogP contribution in [0.25, 0.3) is 0 Å². The van der Waals surface area contributed by atoms with E-state index < -0.39 is 0 Å². The quantitative estimate of drug-likeness (QED) is 0.753. The minimum atomic E-state index is -0.144. The van der Waals surface area contributed by atoms with Gasteiger partial charge in [0.15, 0.2) is 0 Å². The first-order valence-electron chi connectivity index (χ1n) is 5.74. The molecular formula is C14H15ClO2S. The number of ether oxygens (including phenoxy) is 2. The standard InChI is InChI=1S/C14H15ClO2S/c1-3-17-11-6-4-10(5-7-11)14(15)13-8-12(16-2)9-18-13/h4-9,14H,3H2,1-2H3. The predicted octanol–water partition coefficient (Wildman–Crippen LogP) is 4.48. The molecule has 2 aromatic rings. The van der Waals surface area contributed by atoms with Crippen LogP contribution in [0.15, 0.2) is 35.7 Å². The Morgan fingerprint density at radius 3 is 2.50 bits per heavy atom. The van der Waals surface area contributed by atoms with Gasteiger partial charge in [-0.1, -0.05) is 12.1 Å². The Labute approximate surface area is 116 Å². The van der Waals surface area contributed by atoms with Gasteiger partial charge in [-0.05, 0) is 30.7 Å². The van der Waals surface area contributed by atoms with Crippen LogP contribution < -0.4 is 9.47 Å². The lowest BCUT2D eigenvalue weighted by Gasteiger charge is -2.09. The van der Waals surface area contributed by atoms with Crippen LogP contribution in [0.5, 0.6) is 11.5 Å². The van der Waals surface area contributed by atoms with Gasteiger partial charge in [0.25, 0.3) is 0 Å². The third-order valence-electron chi connectivity index (χ3n) is 2.56. The summed E-state index contributed by atoms with van der Waals surface area (Å²) in [5, 5.41) is 1.81. The maximum absolute atomic E-state index is 6.45. The number of hydrogen-bond acceptors (Lipinski definition) is 3. The highest BCUT2D eigenvalue weighted by molar-refractivity contribution is 7.10. The normalized spacial score (nSPS) is 12.2. The van der Waals surface area contributed by atoms with Gasteiger partial charge in [0.1, 0.15) is 11.5 Å². The van der Waals surface area contributed by atoms with Crippen molar-refractivity contribution in [3.63, 3.8) is 0 Å². The molecule has 1 atom stereocenters. The van der Waals surface area contributed by atoms with E-state index in [0.29, 0.717) is 6.61 Å². The predicted molar refractivity (Wildman–Crippen MR) is 76.2 cm³/mol. The Balaban J connectivity index is 2.14. The van der Waals surface area contributed by atoms with Crippen LogP contribution >= 0.6 is 22.9 Å². The van der Waals surface area contributed by atoms with Gasteiger partial charge in [-0.25, -0.2) is 0 Å². The molecule has 1 heterocycles. The fraction of sp³-hybridized carbons (Fsp3) is 0.286. The molecule has 0 spiro atoms. The summed E-state index contributed by atoms with van der Waals surface area (Å²) >= 11 is 8.05. The van der Waals surface area contributed by atoms with Crippen molar-refractivity contribution < 1.29 is 9.47 Å². The van der Waals surface area contributed by atoms with E-state index in [1.54, 1.807) is 18.4 Å². The highest BCUT2D eigenvalue weighted by Crippen LogP contribution is 2.35. The second-order valence-corrected chi connectivity index (χ2v) is 5.13. The van der Waals surface area contributed by atoms with E-state index in [9.17, 15) is 0 Å². The number of rotatable bonds is 5. The smallest absolute Gasteiger partial charge is 0.129 e. The molecule has 1 aromatic carbocycles. The van der Waals surface area contributed by atoms with Gasteiger partial charge >= 0.3 is 0 Å². The van der Waals surface area contributed by atoms with Crippen molar-refractivity contribution in [2.45, 2.75) is 12.3 Å². The maximum atomic E-state index is 6.45. The molecule has 2 nitrogen and oxygen atoms in total. The zero-order chi connectivity index (χ0) is 13.0. The van der Waals surface area contributed by atoms with Gasteiger partial charge < -0.3 is 9.47 Å². The number of hydrogen-bond donors (Lipinski definition) is 0. The molecule has 0 saturated heterocycles. The average molecular weight is 283 g/mol. The van der Waals surface area contributed by atoms with Crippen molar-refractivity contribution >= 4 is 22.9 Å². The zero-order valence-corrected chi connectivity index (χ0v) is 11.9. The topological polar surface area (TPSA) is 18.5 Å². The van der Waals surface area contributed by atoms with E-state index in [1.807, 2.05) is 42.6 Å². The molecule has 96 valence electrons. The summed E-state index contributed by atoms with van der Waals surface area (Å²) < 4.78 is 10.6. The molecule has 4 heteroatoms. The summed E-state index contributed by atoms with van der Waals surface area (Å²) in [7, 11) is 1.66. The highest BCUT2D eigenvalue weighted by atomic mass is 35.5. The molecule has 0 amide bonds. The lowest BCUT2D eigenvalue weighted by Crippen LogP contribution is -1.93. The largest absolute Gasteiger partial charge is 0.496 e. The van der Waals surface area contributed by atoms with Crippen molar-refractivity contribution in [1.29, 1.82) is 0 Å². The molecule has 18 heavy (non-hydrogen) atoms. The summed E-state index contributed by atoms with van der Waals surface area (Å²) in [6.07, 6.45) is 0. The summed E-state index contributed by atoms with van der Waals surface area (Å²) in [4.78, 5) is 1.08. The third kappa shape index (κ3) is 2.98. The molecule has 0 saturated carbocycles. The van der Waals surface area contributed by atoms with Crippen molar-refractivity contribution in [3.8, 4) is 11.5 Å². The second-order valence-electron chi connectivity index (χ2n) is 3.75. The molecule has 0 aliphatic heterocycles.